The molecule has 4 heteroatoms. The van der Waals surface area contributed by atoms with Crippen molar-refractivity contribution in [3.63, 3.8) is 0 Å². The van der Waals surface area contributed by atoms with Gasteiger partial charge < -0.3 is 9.32 Å². The van der Waals surface area contributed by atoms with Crippen LogP contribution in [0.1, 0.15) is 19.6 Å². The highest BCUT2D eigenvalue weighted by Crippen LogP contribution is 2.07. The molecule has 2 rings (SSSR count). The third-order valence-corrected chi connectivity index (χ3v) is 3.24. The minimum absolute atomic E-state index is 0.0700. The quantitative estimate of drug-likeness (QED) is 0.780. The second-order valence-corrected chi connectivity index (χ2v) is 5.37. The van der Waals surface area contributed by atoms with Gasteiger partial charge in [-0.3, -0.25) is 9.69 Å². The van der Waals surface area contributed by atoms with Crippen LogP contribution in [0.5, 0.6) is 0 Å². The zero-order valence-electron chi connectivity index (χ0n) is 11.7. The van der Waals surface area contributed by atoms with Gasteiger partial charge in [0.05, 0.1) is 6.26 Å². The van der Waals surface area contributed by atoms with E-state index in [2.05, 4.69) is 18.7 Å². The molecule has 2 heterocycles. The van der Waals surface area contributed by atoms with Crippen LogP contribution in [-0.2, 0) is 4.79 Å². The molecule has 1 fully saturated rings. The fourth-order valence-electron chi connectivity index (χ4n) is 2.31. The van der Waals surface area contributed by atoms with Gasteiger partial charge in [0.2, 0.25) is 5.91 Å². The molecule has 0 N–H and O–H groups in total. The van der Waals surface area contributed by atoms with Crippen molar-refractivity contribution < 1.29 is 9.21 Å². The highest BCUT2D eigenvalue weighted by molar-refractivity contribution is 5.91. The van der Waals surface area contributed by atoms with E-state index in [0.29, 0.717) is 11.7 Å². The van der Waals surface area contributed by atoms with Crippen LogP contribution < -0.4 is 0 Å². The standard InChI is InChI=1S/C15H22N2O2/c1-13(2)12-16-7-9-17(10-8-16)15(18)6-5-14-4-3-11-19-14/h3-6,11,13H,7-10,12H2,1-2H3/b6-5+. The first-order valence-corrected chi connectivity index (χ1v) is 6.88. The lowest BCUT2D eigenvalue weighted by Gasteiger charge is -2.35. The van der Waals surface area contributed by atoms with Gasteiger partial charge >= 0.3 is 0 Å². The largest absolute Gasteiger partial charge is 0.465 e. The van der Waals surface area contributed by atoms with Crippen molar-refractivity contribution in [3.8, 4) is 0 Å². The van der Waals surface area contributed by atoms with Gasteiger partial charge in [0, 0.05) is 38.8 Å². The van der Waals surface area contributed by atoms with E-state index in [-0.39, 0.29) is 5.91 Å². The first kappa shape index (κ1) is 13.9. The summed E-state index contributed by atoms with van der Waals surface area (Å²) >= 11 is 0. The monoisotopic (exact) mass is 262 g/mol. The summed E-state index contributed by atoms with van der Waals surface area (Å²) < 4.78 is 5.17. The van der Waals surface area contributed by atoms with E-state index >= 15 is 0 Å². The second kappa shape index (κ2) is 6.57. The van der Waals surface area contributed by atoms with E-state index < -0.39 is 0 Å². The second-order valence-electron chi connectivity index (χ2n) is 5.37. The van der Waals surface area contributed by atoms with Gasteiger partial charge in [0.1, 0.15) is 5.76 Å². The Morgan fingerprint density at radius 1 is 1.37 bits per heavy atom. The van der Waals surface area contributed by atoms with Gasteiger partial charge in [0.15, 0.2) is 0 Å². The van der Waals surface area contributed by atoms with Gasteiger partial charge in [-0.25, -0.2) is 0 Å². The van der Waals surface area contributed by atoms with E-state index in [1.165, 1.54) is 0 Å². The minimum Gasteiger partial charge on any atom is -0.465 e. The van der Waals surface area contributed by atoms with E-state index in [1.807, 2.05) is 17.0 Å². The fourth-order valence-corrected chi connectivity index (χ4v) is 2.31. The summed E-state index contributed by atoms with van der Waals surface area (Å²) in [4.78, 5) is 16.3. The summed E-state index contributed by atoms with van der Waals surface area (Å²) in [6.07, 6.45) is 4.93. The molecule has 0 radical (unpaired) electrons. The number of furan rings is 1. The predicted octanol–water partition coefficient (Wildman–Crippen LogP) is 2.09. The molecule has 0 aromatic carbocycles. The van der Waals surface area contributed by atoms with Crippen LogP contribution >= 0.6 is 0 Å². The van der Waals surface area contributed by atoms with Crippen LogP contribution in [0.15, 0.2) is 28.9 Å². The number of amides is 1. The molecule has 0 atom stereocenters. The van der Waals surface area contributed by atoms with Crippen LogP contribution in [0.4, 0.5) is 0 Å². The van der Waals surface area contributed by atoms with Crippen molar-refractivity contribution in [2.75, 3.05) is 32.7 Å². The highest BCUT2D eigenvalue weighted by atomic mass is 16.3. The molecule has 104 valence electrons. The van der Waals surface area contributed by atoms with Gasteiger partial charge in [0.25, 0.3) is 0 Å². The van der Waals surface area contributed by atoms with Crippen molar-refractivity contribution in [2.24, 2.45) is 5.92 Å². The van der Waals surface area contributed by atoms with E-state index in [4.69, 9.17) is 4.42 Å². The molecule has 19 heavy (non-hydrogen) atoms. The Morgan fingerprint density at radius 2 is 2.11 bits per heavy atom. The third kappa shape index (κ3) is 4.24. The molecule has 1 aromatic rings. The Balaban J connectivity index is 1.79. The molecule has 1 saturated heterocycles. The smallest absolute Gasteiger partial charge is 0.246 e. The lowest BCUT2D eigenvalue weighted by Crippen LogP contribution is -2.49. The Morgan fingerprint density at radius 3 is 2.68 bits per heavy atom. The Labute approximate surface area is 114 Å². The molecule has 1 aliphatic rings. The van der Waals surface area contributed by atoms with E-state index in [9.17, 15) is 4.79 Å². The molecule has 0 aliphatic carbocycles. The summed E-state index contributed by atoms with van der Waals surface area (Å²) in [5, 5.41) is 0. The summed E-state index contributed by atoms with van der Waals surface area (Å²) in [7, 11) is 0. The number of carbonyl (C=O) groups is 1. The summed E-state index contributed by atoms with van der Waals surface area (Å²) in [5.41, 5.74) is 0. The van der Waals surface area contributed by atoms with Crippen molar-refractivity contribution in [2.45, 2.75) is 13.8 Å². The molecule has 4 nitrogen and oxygen atoms in total. The zero-order valence-corrected chi connectivity index (χ0v) is 11.7. The molecule has 0 saturated carbocycles. The summed E-state index contributed by atoms with van der Waals surface area (Å²) in [6, 6.07) is 3.65. The van der Waals surface area contributed by atoms with E-state index in [0.717, 1.165) is 32.7 Å². The Hall–Kier alpha value is -1.55. The van der Waals surface area contributed by atoms with Gasteiger partial charge in [-0.05, 0) is 24.1 Å². The highest BCUT2D eigenvalue weighted by Gasteiger charge is 2.19. The maximum Gasteiger partial charge on any atom is 0.246 e. The first-order valence-electron chi connectivity index (χ1n) is 6.88. The average molecular weight is 262 g/mol. The molecule has 1 aliphatic heterocycles. The Kier molecular flexibility index (Phi) is 4.80. The maximum absolute atomic E-state index is 12.0. The summed E-state index contributed by atoms with van der Waals surface area (Å²) in [5.74, 6) is 1.47. The molecule has 1 amide bonds. The van der Waals surface area contributed by atoms with Crippen molar-refractivity contribution in [1.82, 2.24) is 9.80 Å². The molecule has 0 unspecified atom stereocenters. The van der Waals surface area contributed by atoms with Crippen LogP contribution in [-0.4, -0.2) is 48.4 Å². The number of nitrogens with zero attached hydrogens (tertiary/aromatic N) is 2. The number of hydrogen-bond donors (Lipinski definition) is 0. The third-order valence-electron chi connectivity index (χ3n) is 3.24. The molecule has 1 aromatic heterocycles. The van der Waals surface area contributed by atoms with E-state index in [1.54, 1.807) is 18.4 Å². The lowest BCUT2D eigenvalue weighted by molar-refractivity contribution is -0.127. The van der Waals surface area contributed by atoms with Crippen LogP contribution in [0.3, 0.4) is 0 Å². The number of piperazine rings is 1. The zero-order chi connectivity index (χ0) is 13.7. The van der Waals surface area contributed by atoms with Gasteiger partial charge in [-0.15, -0.1) is 0 Å². The Bertz CT molecular complexity index is 415. The topological polar surface area (TPSA) is 36.7 Å². The van der Waals surface area contributed by atoms with Crippen molar-refractivity contribution in [3.05, 3.63) is 30.2 Å². The van der Waals surface area contributed by atoms with Crippen LogP contribution in [0.25, 0.3) is 6.08 Å². The van der Waals surface area contributed by atoms with Gasteiger partial charge in [-0.2, -0.15) is 0 Å². The van der Waals surface area contributed by atoms with Crippen LogP contribution in [0, 0.1) is 5.92 Å². The SMILES string of the molecule is CC(C)CN1CCN(C(=O)/C=C/c2ccco2)CC1. The fraction of sp³-hybridized carbons (Fsp3) is 0.533. The lowest BCUT2D eigenvalue weighted by atomic mass is 10.2. The van der Waals surface area contributed by atoms with Crippen molar-refractivity contribution in [1.29, 1.82) is 0 Å². The molecular weight excluding hydrogens is 240 g/mol. The maximum atomic E-state index is 12.0. The number of carbonyl (C=O) groups excluding carboxylic acids is 1. The molecule has 0 bridgehead atoms. The van der Waals surface area contributed by atoms with Crippen LogP contribution in [0.2, 0.25) is 0 Å². The summed E-state index contributed by atoms with van der Waals surface area (Å²) in [6.45, 7) is 9.14. The average Bonchev–Trinajstić information content (AvgIpc) is 2.89. The molecular formula is C15H22N2O2. The van der Waals surface area contributed by atoms with Gasteiger partial charge in [-0.1, -0.05) is 13.8 Å². The number of hydrogen-bond acceptors (Lipinski definition) is 3. The molecule has 0 spiro atoms. The predicted molar refractivity (Wildman–Crippen MR) is 75.6 cm³/mol. The number of rotatable bonds is 4. The first-order chi connectivity index (χ1) is 9.15. The normalized spacial score (nSPS) is 17.5. The minimum atomic E-state index is 0.0700. The van der Waals surface area contributed by atoms with Crippen molar-refractivity contribution >= 4 is 12.0 Å².